The van der Waals surface area contributed by atoms with Gasteiger partial charge in [0.1, 0.15) is 5.69 Å². The Balaban J connectivity index is 1.78. The second-order valence-electron chi connectivity index (χ2n) is 7.10. The summed E-state index contributed by atoms with van der Waals surface area (Å²) >= 11 is 0. The Labute approximate surface area is 161 Å². The van der Waals surface area contributed by atoms with Crippen LogP contribution in [-0.4, -0.2) is 41.0 Å². The van der Waals surface area contributed by atoms with Crippen LogP contribution in [0.15, 0.2) is 41.2 Å². The van der Waals surface area contributed by atoms with E-state index >= 15 is 0 Å². The molecule has 9 nitrogen and oxygen atoms in total. The van der Waals surface area contributed by atoms with Crippen LogP contribution in [0, 0.1) is 5.41 Å². The molecule has 1 heterocycles. The van der Waals surface area contributed by atoms with Crippen molar-refractivity contribution in [3.63, 3.8) is 0 Å². The lowest BCUT2D eigenvalue weighted by Gasteiger charge is -2.17. The fraction of sp³-hybridized carbons (Fsp3) is 0.316. The summed E-state index contributed by atoms with van der Waals surface area (Å²) in [6.07, 6.45) is 0. The summed E-state index contributed by atoms with van der Waals surface area (Å²) in [6, 6.07) is 9.04. The van der Waals surface area contributed by atoms with Crippen molar-refractivity contribution in [1.82, 2.24) is 20.8 Å². The van der Waals surface area contributed by atoms with Gasteiger partial charge in [-0.15, -0.1) is 0 Å². The monoisotopic (exact) mass is 385 g/mol. The molecule has 0 aliphatic heterocycles. The molecule has 2 aromatic rings. The van der Waals surface area contributed by atoms with Crippen LogP contribution in [0.5, 0.6) is 0 Å². The maximum absolute atomic E-state index is 12.1. The number of hydrogen-bond donors (Lipinski definition) is 4. The van der Waals surface area contributed by atoms with Gasteiger partial charge in [-0.1, -0.05) is 20.8 Å². The summed E-state index contributed by atoms with van der Waals surface area (Å²) in [4.78, 5) is 46.8. The Morgan fingerprint density at radius 2 is 1.54 bits per heavy atom. The lowest BCUT2D eigenvalue weighted by atomic mass is 9.95. The Morgan fingerprint density at radius 1 is 0.929 bits per heavy atom. The smallest absolute Gasteiger partial charge is 0.271 e. The zero-order valence-electron chi connectivity index (χ0n) is 16.0. The van der Waals surface area contributed by atoms with Gasteiger partial charge < -0.3 is 16.0 Å². The van der Waals surface area contributed by atoms with E-state index in [2.05, 4.69) is 26.1 Å². The zero-order chi connectivity index (χ0) is 20.7. The van der Waals surface area contributed by atoms with Gasteiger partial charge in [-0.05, 0) is 30.3 Å². The number of aromatic nitrogens is 2. The van der Waals surface area contributed by atoms with Crippen molar-refractivity contribution in [1.29, 1.82) is 0 Å². The van der Waals surface area contributed by atoms with E-state index in [1.807, 2.05) is 20.8 Å². The number of benzene rings is 1. The highest BCUT2D eigenvalue weighted by atomic mass is 16.2. The van der Waals surface area contributed by atoms with Crippen LogP contribution >= 0.6 is 0 Å². The van der Waals surface area contributed by atoms with Crippen molar-refractivity contribution in [2.75, 3.05) is 18.4 Å². The molecule has 0 aliphatic carbocycles. The lowest BCUT2D eigenvalue weighted by Crippen LogP contribution is -2.35. The highest BCUT2D eigenvalue weighted by Crippen LogP contribution is 2.17. The fourth-order valence-corrected chi connectivity index (χ4v) is 2.04. The van der Waals surface area contributed by atoms with Gasteiger partial charge in [0.2, 0.25) is 5.91 Å². The molecule has 4 N–H and O–H groups in total. The van der Waals surface area contributed by atoms with E-state index in [9.17, 15) is 19.2 Å². The number of rotatable bonds is 6. The van der Waals surface area contributed by atoms with Crippen molar-refractivity contribution in [3.05, 3.63) is 58.0 Å². The van der Waals surface area contributed by atoms with Crippen LogP contribution in [0.2, 0.25) is 0 Å². The molecule has 0 spiro atoms. The summed E-state index contributed by atoms with van der Waals surface area (Å²) < 4.78 is 0. The molecule has 0 saturated carbocycles. The highest BCUT2D eigenvalue weighted by Gasteiger charge is 2.21. The number of hydrogen-bond acceptors (Lipinski definition) is 5. The topological polar surface area (TPSA) is 133 Å². The molecule has 9 heteroatoms. The molecule has 0 fully saturated rings. The third kappa shape index (κ3) is 6.04. The van der Waals surface area contributed by atoms with Crippen molar-refractivity contribution >= 4 is 23.4 Å². The lowest BCUT2D eigenvalue weighted by molar-refractivity contribution is -0.123. The predicted molar refractivity (Wildman–Crippen MR) is 104 cm³/mol. The zero-order valence-corrected chi connectivity index (χ0v) is 16.0. The molecular formula is C19H23N5O4. The Kier molecular flexibility index (Phi) is 6.64. The molecule has 28 heavy (non-hydrogen) atoms. The minimum atomic E-state index is -0.509. The molecule has 0 atom stereocenters. The minimum absolute atomic E-state index is 0.0822. The maximum atomic E-state index is 12.1. The van der Waals surface area contributed by atoms with Crippen LogP contribution in [0.4, 0.5) is 5.69 Å². The third-order valence-corrected chi connectivity index (χ3v) is 3.69. The molecule has 148 valence electrons. The molecule has 0 bridgehead atoms. The fourth-order valence-electron chi connectivity index (χ4n) is 2.04. The van der Waals surface area contributed by atoms with E-state index in [0.717, 1.165) is 0 Å². The predicted octanol–water partition coefficient (Wildman–Crippen LogP) is 0.914. The summed E-state index contributed by atoms with van der Waals surface area (Å²) in [5.41, 5.74) is 0.219. The molecule has 0 unspecified atom stereocenters. The first-order valence-electron chi connectivity index (χ1n) is 8.70. The Bertz CT molecular complexity index is 893. The normalized spacial score (nSPS) is 10.8. The number of nitrogens with zero attached hydrogens (tertiary/aromatic N) is 1. The number of carbonyl (C=O) groups is 3. The number of carbonyl (C=O) groups excluding carboxylic acids is 3. The van der Waals surface area contributed by atoms with E-state index in [1.54, 1.807) is 24.3 Å². The van der Waals surface area contributed by atoms with Gasteiger partial charge in [-0.3, -0.25) is 19.2 Å². The van der Waals surface area contributed by atoms with E-state index < -0.39 is 16.9 Å². The summed E-state index contributed by atoms with van der Waals surface area (Å²) in [7, 11) is 0. The van der Waals surface area contributed by atoms with Crippen molar-refractivity contribution in [2.45, 2.75) is 20.8 Å². The second-order valence-corrected chi connectivity index (χ2v) is 7.10. The summed E-state index contributed by atoms with van der Waals surface area (Å²) in [5, 5.41) is 13.8. The van der Waals surface area contributed by atoms with Gasteiger partial charge in [0.05, 0.1) is 0 Å². The van der Waals surface area contributed by atoms with Gasteiger partial charge >= 0.3 is 0 Å². The van der Waals surface area contributed by atoms with Gasteiger partial charge in [0, 0.05) is 35.8 Å². The van der Waals surface area contributed by atoms with Crippen LogP contribution < -0.4 is 21.5 Å². The molecule has 0 saturated heterocycles. The summed E-state index contributed by atoms with van der Waals surface area (Å²) in [6.45, 7) is 5.86. The van der Waals surface area contributed by atoms with Crippen LogP contribution in [0.3, 0.4) is 0 Å². The van der Waals surface area contributed by atoms with Gasteiger partial charge in [0.25, 0.3) is 17.4 Å². The van der Waals surface area contributed by atoms with E-state index in [4.69, 9.17) is 0 Å². The first kappa shape index (κ1) is 20.8. The van der Waals surface area contributed by atoms with Crippen LogP contribution in [-0.2, 0) is 4.79 Å². The van der Waals surface area contributed by atoms with Crippen LogP contribution in [0.25, 0.3) is 0 Å². The molecular weight excluding hydrogens is 362 g/mol. The quantitative estimate of drug-likeness (QED) is 0.549. The second kappa shape index (κ2) is 8.94. The average Bonchev–Trinajstić information content (AvgIpc) is 2.65. The molecule has 3 amide bonds. The van der Waals surface area contributed by atoms with Gasteiger partial charge in [0.15, 0.2) is 0 Å². The number of aromatic amines is 1. The number of H-pyrrole nitrogens is 1. The van der Waals surface area contributed by atoms with E-state index in [-0.39, 0.29) is 30.6 Å². The molecule has 1 aromatic heterocycles. The molecule has 1 aromatic carbocycles. The Hall–Kier alpha value is -3.49. The first-order chi connectivity index (χ1) is 13.2. The standard InChI is InChI=1S/C19H23N5O4/c1-19(2,3)18(28)22-13-6-4-12(5-7-13)16(26)20-10-11-21-17(27)14-8-9-15(25)24-23-14/h4-9H,10-11H2,1-3H3,(H,20,26)(H,21,27)(H,22,28)(H,24,25). The SMILES string of the molecule is CC(C)(C)C(=O)Nc1ccc(C(=O)NCCNC(=O)c2ccc(=O)[nH]n2)cc1. The highest BCUT2D eigenvalue weighted by molar-refractivity contribution is 5.97. The van der Waals surface area contributed by atoms with Gasteiger partial charge in [-0.25, -0.2) is 5.10 Å². The average molecular weight is 385 g/mol. The number of nitrogens with one attached hydrogen (secondary N) is 4. The minimum Gasteiger partial charge on any atom is -0.350 e. The third-order valence-electron chi connectivity index (χ3n) is 3.69. The van der Waals surface area contributed by atoms with Crippen molar-refractivity contribution in [3.8, 4) is 0 Å². The first-order valence-corrected chi connectivity index (χ1v) is 8.70. The number of amides is 3. The largest absolute Gasteiger partial charge is 0.350 e. The molecule has 2 rings (SSSR count). The van der Waals surface area contributed by atoms with Crippen molar-refractivity contribution in [2.24, 2.45) is 5.41 Å². The Morgan fingerprint density at radius 3 is 2.07 bits per heavy atom. The maximum Gasteiger partial charge on any atom is 0.271 e. The van der Waals surface area contributed by atoms with Crippen molar-refractivity contribution < 1.29 is 14.4 Å². The molecule has 0 aliphatic rings. The number of anilines is 1. The van der Waals surface area contributed by atoms with E-state index in [0.29, 0.717) is 11.3 Å². The molecule has 0 radical (unpaired) electrons. The van der Waals surface area contributed by atoms with E-state index in [1.165, 1.54) is 12.1 Å². The summed E-state index contributed by atoms with van der Waals surface area (Å²) in [5.74, 6) is -0.869. The van der Waals surface area contributed by atoms with Crippen LogP contribution in [0.1, 0.15) is 41.6 Å². The van der Waals surface area contributed by atoms with Gasteiger partial charge in [-0.2, -0.15) is 5.10 Å².